The van der Waals surface area contributed by atoms with Gasteiger partial charge in [-0.25, -0.2) is 9.18 Å². The van der Waals surface area contributed by atoms with Crippen LogP contribution < -0.4 is 10.6 Å². The Hall–Kier alpha value is -3.29. The van der Waals surface area contributed by atoms with E-state index >= 15 is 0 Å². The van der Waals surface area contributed by atoms with Gasteiger partial charge in [0, 0.05) is 24.1 Å². The highest BCUT2D eigenvalue weighted by atomic mass is 19.4. The van der Waals surface area contributed by atoms with Gasteiger partial charge in [0.15, 0.2) is 0 Å². The number of carbonyl (C=O) groups excluding carboxylic acids is 1. The summed E-state index contributed by atoms with van der Waals surface area (Å²) in [7, 11) is 0. The third kappa shape index (κ3) is 5.12. The van der Waals surface area contributed by atoms with Gasteiger partial charge in [0.25, 0.3) is 0 Å². The molecule has 3 aromatic rings. The van der Waals surface area contributed by atoms with Gasteiger partial charge in [0.2, 0.25) is 0 Å². The Morgan fingerprint density at radius 3 is 2.46 bits per heavy atom. The maximum atomic E-state index is 13.0. The fraction of sp³-hybridized carbons (Fsp3) is 0.150. The molecule has 0 unspecified atom stereocenters. The fourth-order valence-corrected chi connectivity index (χ4v) is 2.67. The number of alkyl halides is 3. The summed E-state index contributed by atoms with van der Waals surface area (Å²) in [6, 6.07) is 13.5. The number of urea groups is 1. The van der Waals surface area contributed by atoms with Crippen LogP contribution in [0.15, 0.2) is 66.9 Å². The standard InChI is InChI=1S/C20H17F4N3O/c21-16-8-6-14(7-9-16)13-27-10-2-5-18(27)12-25-19(28)26-17-4-1-3-15(11-17)20(22,23)24/h1-11H,12-13H2,(H2,25,26,28). The molecule has 0 fully saturated rings. The topological polar surface area (TPSA) is 46.1 Å². The van der Waals surface area contributed by atoms with Gasteiger partial charge in [-0.15, -0.1) is 0 Å². The van der Waals surface area contributed by atoms with E-state index in [1.165, 1.54) is 24.3 Å². The van der Waals surface area contributed by atoms with E-state index in [1.807, 2.05) is 22.9 Å². The number of aromatic nitrogens is 1. The second-order valence-electron chi connectivity index (χ2n) is 6.14. The van der Waals surface area contributed by atoms with Crippen molar-refractivity contribution in [3.63, 3.8) is 0 Å². The van der Waals surface area contributed by atoms with Crippen LogP contribution in [-0.2, 0) is 19.3 Å². The smallest absolute Gasteiger partial charge is 0.345 e. The number of nitrogens with zero attached hydrogens (tertiary/aromatic N) is 1. The molecule has 3 rings (SSSR count). The molecule has 1 aromatic heterocycles. The lowest BCUT2D eigenvalue weighted by molar-refractivity contribution is -0.137. The zero-order valence-electron chi connectivity index (χ0n) is 14.6. The number of hydrogen-bond donors (Lipinski definition) is 2. The van der Waals surface area contributed by atoms with E-state index < -0.39 is 17.8 Å². The molecular formula is C20H17F4N3O. The Kier molecular flexibility index (Phi) is 5.67. The average Bonchev–Trinajstić information content (AvgIpc) is 3.08. The summed E-state index contributed by atoms with van der Waals surface area (Å²) >= 11 is 0. The van der Waals surface area contributed by atoms with E-state index in [0.717, 1.165) is 23.4 Å². The van der Waals surface area contributed by atoms with E-state index in [4.69, 9.17) is 0 Å². The molecular weight excluding hydrogens is 374 g/mol. The van der Waals surface area contributed by atoms with Crippen LogP contribution in [0.5, 0.6) is 0 Å². The number of anilines is 1. The number of rotatable bonds is 5. The van der Waals surface area contributed by atoms with Crippen molar-refractivity contribution in [2.24, 2.45) is 0 Å². The van der Waals surface area contributed by atoms with Crippen molar-refractivity contribution in [2.45, 2.75) is 19.3 Å². The van der Waals surface area contributed by atoms with Gasteiger partial charge in [0.1, 0.15) is 5.82 Å². The quantitative estimate of drug-likeness (QED) is 0.590. The molecule has 1 heterocycles. The summed E-state index contributed by atoms with van der Waals surface area (Å²) in [6.07, 6.45) is -2.65. The van der Waals surface area contributed by atoms with Crippen LogP contribution in [0.1, 0.15) is 16.8 Å². The molecule has 2 aromatic carbocycles. The average molecular weight is 391 g/mol. The summed E-state index contributed by atoms with van der Waals surface area (Å²) in [5.41, 5.74) is 0.906. The first-order valence-corrected chi connectivity index (χ1v) is 8.42. The zero-order chi connectivity index (χ0) is 20.1. The predicted molar refractivity (Wildman–Crippen MR) is 97.2 cm³/mol. The van der Waals surface area contributed by atoms with Crippen molar-refractivity contribution in [3.8, 4) is 0 Å². The van der Waals surface area contributed by atoms with E-state index in [0.29, 0.717) is 6.54 Å². The van der Waals surface area contributed by atoms with Gasteiger partial charge in [0.05, 0.1) is 12.1 Å². The van der Waals surface area contributed by atoms with Gasteiger partial charge in [-0.05, 0) is 48.0 Å². The third-order valence-electron chi connectivity index (χ3n) is 4.07. The minimum Gasteiger partial charge on any atom is -0.345 e. The Bertz CT molecular complexity index is 949. The van der Waals surface area contributed by atoms with Gasteiger partial charge in [-0.2, -0.15) is 13.2 Å². The summed E-state index contributed by atoms with van der Waals surface area (Å²) in [6.45, 7) is 0.679. The van der Waals surface area contributed by atoms with E-state index in [9.17, 15) is 22.4 Å². The highest BCUT2D eigenvalue weighted by Crippen LogP contribution is 2.30. The number of hydrogen-bond acceptors (Lipinski definition) is 1. The van der Waals surface area contributed by atoms with Crippen LogP contribution in [0.3, 0.4) is 0 Å². The molecule has 0 bridgehead atoms. The maximum absolute atomic E-state index is 13.0. The van der Waals surface area contributed by atoms with Gasteiger partial charge >= 0.3 is 12.2 Å². The lowest BCUT2D eigenvalue weighted by Gasteiger charge is -2.12. The monoisotopic (exact) mass is 391 g/mol. The minimum absolute atomic E-state index is 0.0500. The highest BCUT2D eigenvalue weighted by molar-refractivity contribution is 5.89. The van der Waals surface area contributed by atoms with Crippen LogP contribution in [-0.4, -0.2) is 10.6 Å². The molecule has 0 aliphatic heterocycles. The third-order valence-corrected chi connectivity index (χ3v) is 4.07. The highest BCUT2D eigenvalue weighted by Gasteiger charge is 2.30. The first-order chi connectivity index (χ1) is 13.3. The lowest BCUT2D eigenvalue weighted by atomic mass is 10.2. The summed E-state index contributed by atoms with van der Waals surface area (Å²) in [4.78, 5) is 12.0. The van der Waals surface area contributed by atoms with Gasteiger partial charge < -0.3 is 15.2 Å². The second kappa shape index (κ2) is 8.16. The molecule has 8 heteroatoms. The molecule has 0 atom stereocenters. The first kappa shape index (κ1) is 19.5. The van der Waals surface area contributed by atoms with Gasteiger partial charge in [-0.1, -0.05) is 18.2 Å². The molecule has 0 aliphatic carbocycles. The minimum atomic E-state index is -4.48. The first-order valence-electron chi connectivity index (χ1n) is 8.42. The molecule has 146 valence electrons. The van der Waals surface area contributed by atoms with Crippen molar-refractivity contribution in [1.82, 2.24) is 9.88 Å². The molecule has 28 heavy (non-hydrogen) atoms. The van der Waals surface area contributed by atoms with Gasteiger partial charge in [-0.3, -0.25) is 0 Å². The van der Waals surface area contributed by atoms with Crippen molar-refractivity contribution in [2.75, 3.05) is 5.32 Å². The Morgan fingerprint density at radius 2 is 1.75 bits per heavy atom. The summed E-state index contributed by atoms with van der Waals surface area (Å²) in [5, 5.41) is 5.01. The van der Waals surface area contributed by atoms with Crippen molar-refractivity contribution >= 4 is 11.7 Å². The molecule has 0 aliphatic rings. The molecule has 4 nitrogen and oxygen atoms in total. The van der Waals surface area contributed by atoms with Crippen LogP contribution in [0.2, 0.25) is 0 Å². The summed E-state index contributed by atoms with van der Waals surface area (Å²) in [5.74, 6) is -0.315. The SMILES string of the molecule is O=C(NCc1cccn1Cc1ccc(F)cc1)Nc1cccc(C(F)(F)F)c1. The van der Waals surface area contributed by atoms with Crippen LogP contribution in [0.25, 0.3) is 0 Å². The van der Waals surface area contributed by atoms with E-state index in [1.54, 1.807) is 12.1 Å². The largest absolute Gasteiger partial charge is 0.416 e. The number of amides is 2. The van der Waals surface area contributed by atoms with Crippen LogP contribution in [0.4, 0.5) is 28.0 Å². The molecule has 2 N–H and O–H groups in total. The Labute approximate surface area is 158 Å². The lowest BCUT2D eigenvalue weighted by Crippen LogP contribution is -2.29. The van der Waals surface area contributed by atoms with Crippen LogP contribution in [0, 0.1) is 5.82 Å². The molecule has 0 spiro atoms. The van der Waals surface area contributed by atoms with Crippen molar-refractivity contribution in [1.29, 1.82) is 0 Å². The van der Waals surface area contributed by atoms with Crippen molar-refractivity contribution in [3.05, 3.63) is 89.5 Å². The fourth-order valence-electron chi connectivity index (χ4n) is 2.67. The Balaban J connectivity index is 1.58. The molecule has 0 saturated carbocycles. The van der Waals surface area contributed by atoms with Crippen molar-refractivity contribution < 1.29 is 22.4 Å². The second-order valence-corrected chi connectivity index (χ2v) is 6.14. The van der Waals surface area contributed by atoms with E-state index in [2.05, 4.69) is 10.6 Å². The van der Waals surface area contributed by atoms with Crippen LogP contribution >= 0.6 is 0 Å². The predicted octanol–water partition coefficient (Wildman–Crippen LogP) is 5.02. The zero-order valence-corrected chi connectivity index (χ0v) is 14.6. The number of carbonyl (C=O) groups is 1. The molecule has 0 radical (unpaired) electrons. The molecule has 0 saturated heterocycles. The number of benzene rings is 2. The normalized spacial score (nSPS) is 11.3. The molecule has 2 amide bonds. The summed E-state index contributed by atoms with van der Waals surface area (Å²) < 4.78 is 53.1. The maximum Gasteiger partial charge on any atom is 0.416 e. The Morgan fingerprint density at radius 1 is 1.00 bits per heavy atom. The number of halogens is 4. The number of nitrogens with one attached hydrogen (secondary N) is 2. The van der Waals surface area contributed by atoms with E-state index in [-0.39, 0.29) is 18.0 Å².